The number of nitrogens with zero attached hydrogens (tertiary/aromatic N) is 1. The minimum atomic E-state index is -0.126. The van der Waals surface area contributed by atoms with Gasteiger partial charge in [-0.1, -0.05) is 18.2 Å². The Balaban J connectivity index is 2.07. The van der Waals surface area contributed by atoms with Gasteiger partial charge in [0, 0.05) is 31.4 Å². The van der Waals surface area contributed by atoms with Crippen LogP contribution in [0.4, 0.5) is 4.39 Å². The number of ether oxygens (including phenoxy) is 1. The molecule has 2 nitrogen and oxygen atoms in total. The molecule has 1 heterocycles. The van der Waals surface area contributed by atoms with Crippen molar-refractivity contribution in [1.82, 2.24) is 4.90 Å². The minimum Gasteiger partial charge on any atom is -0.381 e. The Kier molecular flexibility index (Phi) is 5.47. The van der Waals surface area contributed by atoms with E-state index in [0.717, 1.165) is 43.9 Å². The van der Waals surface area contributed by atoms with Crippen LogP contribution in [0.5, 0.6) is 0 Å². The van der Waals surface area contributed by atoms with Gasteiger partial charge < -0.3 is 4.74 Å². The van der Waals surface area contributed by atoms with Gasteiger partial charge >= 0.3 is 0 Å². The fraction of sp³-hybridized carbons (Fsp3) is 0.625. The summed E-state index contributed by atoms with van der Waals surface area (Å²) < 4.78 is 19.4. The van der Waals surface area contributed by atoms with Crippen LogP contribution in [0.1, 0.15) is 31.4 Å². The van der Waals surface area contributed by atoms with Crippen LogP contribution in [0.25, 0.3) is 0 Å². The molecule has 112 valence electrons. The van der Waals surface area contributed by atoms with E-state index in [0.29, 0.717) is 0 Å². The second kappa shape index (κ2) is 6.92. The lowest BCUT2D eigenvalue weighted by atomic mass is 9.81. The van der Waals surface area contributed by atoms with Gasteiger partial charge in [-0.3, -0.25) is 4.90 Å². The van der Waals surface area contributed by atoms with E-state index >= 15 is 0 Å². The molecule has 1 fully saturated rings. The van der Waals surface area contributed by atoms with Crippen molar-refractivity contribution in [3.8, 4) is 0 Å². The lowest BCUT2D eigenvalue weighted by Crippen LogP contribution is -2.42. The van der Waals surface area contributed by atoms with Gasteiger partial charge in [-0.25, -0.2) is 4.39 Å². The molecule has 0 aromatic heterocycles. The largest absolute Gasteiger partial charge is 0.381 e. The van der Waals surface area contributed by atoms with Crippen LogP contribution in [0.15, 0.2) is 24.3 Å². The molecule has 1 unspecified atom stereocenters. The Morgan fingerprint density at radius 1 is 1.35 bits per heavy atom. The monoisotopic (exact) mass is 297 g/mol. The van der Waals surface area contributed by atoms with Gasteiger partial charge in [0.1, 0.15) is 5.82 Å². The van der Waals surface area contributed by atoms with Crippen molar-refractivity contribution in [1.29, 1.82) is 0 Å². The van der Waals surface area contributed by atoms with Crippen molar-refractivity contribution in [3.63, 3.8) is 0 Å². The van der Waals surface area contributed by atoms with E-state index in [4.69, 9.17) is 4.74 Å². The zero-order valence-electron chi connectivity index (χ0n) is 12.3. The van der Waals surface area contributed by atoms with Crippen molar-refractivity contribution in [2.24, 2.45) is 5.41 Å². The molecule has 0 N–H and O–H groups in total. The smallest absolute Gasteiger partial charge is 0.127 e. The summed E-state index contributed by atoms with van der Waals surface area (Å²) in [6.07, 6.45) is 2.07. The topological polar surface area (TPSA) is 12.5 Å². The molecule has 1 aliphatic heterocycles. The molecule has 0 bridgehead atoms. The van der Waals surface area contributed by atoms with Crippen molar-refractivity contribution in [3.05, 3.63) is 35.6 Å². The van der Waals surface area contributed by atoms with Crippen molar-refractivity contribution < 1.29 is 9.13 Å². The zero-order chi connectivity index (χ0) is 14.6. The lowest BCUT2D eigenvalue weighted by molar-refractivity contribution is 0.00612. The zero-order valence-corrected chi connectivity index (χ0v) is 13.2. The first-order valence-electron chi connectivity index (χ1n) is 7.21. The molecular formula is C16H24FNOS. The number of hydrogen-bond donors (Lipinski definition) is 1. The van der Waals surface area contributed by atoms with Crippen molar-refractivity contribution in [2.45, 2.75) is 25.8 Å². The highest BCUT2D eigenvalue weighted by Gasteiger charge is 2.33. The van der Waals surface area contributed by atoms with Crippen molar-refractivity contribution in [2.75, 3.05) is 32.6 Å². The fourth-order valence-electron chi connectivity index (χ4n) is 2.89. The first-order chi connectivity index (χ1) is 9.58. The average Bonchev–Trinajstić information content (AvgIpc) is 2.48. The second-order valence-electron chi connectivity index (χ2n) is 5.88. The van der Waals surface area contributed by atoms with Crippen LogP contribution in [-0.4, -0.2) is 37.5 Å². The van der Waals surface area contributed by atoms with Crippen molar-refractivity contribution >= 4 is 12.6 Å². The molecule has 1 aromatic rings. The summed E-state index contributed by atoms with van der Waals surface area (Å²) in [5, 5.41) is 0. The summed E-state index contributed by atoms with van der Waals surface area (Å²) in [5.74, 6) is 0.726. The fourth-order valence-corrected chi connectivity index (χ4v) is 3.30. The summed E-state index contributed by atoms with van der Waals surface area (Å²) in [6, 6.07) is 7.09. The summed E-state index contributed by atoms with van der Waals surface area (Å²) in [7, 11) is 2.07. The molecule has 0 amide bonds. The maximum Gasteiger partial charge on any atom is 0.127 e. The normalized spacial score (nSPS) is 20.1. The number of benzene rings is 1. The molecule has 0 saturated carbocycles. The van der Waals surface area contributed by atoms with E-state index < -0.39 is 0 Å². The van der Waals surface area contributed by atoms with Gasteiger partial charge in [0.05, 0.1) is 0 Å². The van der Waals surface area contributed by atoms with Crippen LogP contribution in [-0.2, 0) is 4.74 Å². The molecule has 4 heteroatoms. The Morgan fingerprint density at radius 2 is 2.00 bits per heavy atom. The van der Waals surface area contributed by atoms with Crippen LogP contribution in [0, 0.1) is 11.2 Å². The van der Waals surface area contributed by atoms with Gasteiger partial charge in [0.15, 0.2) is 0 Å². The van der Waals surface area contributed by atoms with Gasteiger partial charge in [0.2, 0.25) is 0 Å². The minimum absolute atomic E-state index is 0.0656. The van der Waals surface area contributed by atoms with Crippen LogP contribution in [0.3, 0.4) is 0 Å². The van der Waals surface area contributed by atoms with Crippen LogP contribution < -0.4 is 0 Å². The Labute approximate surface area is 126 Å². The van der Waals surface area contributed by atoms with Crippen LogP contribution in [0.2, 0.25) is 0 Å². The highest BCUT2D eigenvalue weighted by Crippen LogP contribution is 2.34. The quantitative estimate of drug-likeness (QED) is 0.835. The van der Waals surface area contributed by atoms with Crippen LogP contribution >= 0.6 is 12.6 Å². The van der Waals surface area contributed by atoms with Gasteiger partial charge in [-0.2, -0.15) is 12.6 Å². The third-order valence-corrected chi connectivity index (χ3v) is 5.16. The molecule has 1 atom stereocenters. The first-order valence-corrected chi connectivity index (χ1v) is 7.84. The van der Waals surface area contributed by atoms with Gasteiger partial charge in [-0.05, 0) is 44.0 Å². The Hall–Kier alpha value is -0.580. The molecule has 1 aliphatic rings. The first kappa shape index (κ1) is 15.8. The molecule has 0 radical (unpaired) electrons. The van der Waals surface area contributed by atoms with E-state index in [9.17, 15) is 4.39 Å². The third kappa shape index (κ3) is 3.54. The number of thiol groups is 1. The predicted octanol–water partition coefficient (Wildman–Crippen LogP) is 3.55. The van der Waals surface area contributed by atoms with E-state index in [1.165, 1.54) is 6.07 Å². The summed E-state index contributed by atoms with van der Waals surface area (Å²) in [6.45, 7) is 4.60. The lowest BCUT2D eigenvalue weighted by Gasteiger charge is -2.40. The molecule has 20 heavy (non-hydrogen) atoms. The molecule has 1 saturated heterocycles. The molecule has 2 rings (SSSR count). The number of hydrogen-bond acceptors (Lipinski definition) is 3. The third-order valence-electron chi connectivity index (χ3n) is 4.49. The Bertz CT molecular complexity index is 434. The summed E-state index contributed by atoms with van der Waals surface area (Å²) in [5.41, 5.74) is 0.951. The summed E-state index contributed by atoms with van der Waals surface area (Å²) >= 11 is 4.54. The van der Waals surface area contributed by atoms with E-state index in [1.54, 1.807) is 6.07 Å². The number of halogens is 1. The maximum absolute atomic E-state index is 13.9. The van der Waals surface area contributed by atoms with E-state index in [-0.39, 0.29) is 17.3 Å². The van der Waals surface area contributed by atoms with Gasteiger partial charge in [-0.15, -0.1) is 0 Å². The molecular weight excluding hydrogens is 273 g/mol. The Morgan fingerprint density at radius 3 is 2.60 bits per heavy atom. The number of rotatable bonds is 5. The molecule has 0 aliphatic carbocycles. The van der Waals surface area contributed by atoms with Gasteiger partial charge in [0.25, 0.3) is 0 Å². The SMILES string of the molecule is CC(c1ccccc1F)N(C)CC1(CS)CCOCC1. The standard InChI is InChI=1S/C16H24FNOS/c1-13(14-5-3-4-6-15(14)17)18(2)11-16(12-20)7-9-19-10-8-16/h3-6,13,20H,7-12H2,1-2H3. The van der Waals surface area contributed by atoms with E-state index in [1.807, 2.05) is 12.1 Å². The highest BCUT2D eigenvalue weighted by atomic mass is 32.1. The average molecular weight is 297 g/mol. The van der Waals surface area contributed by atoms with E-state index in [2.05, 4.69) is 31.5 Å². The molecule has 0 spiro atoms. The summed E-state index contributed by atoms with van der Waals surface area (Å²) in [4.78, 5) is 2.24. The second-order valence-corrected chi connectivity index (χ2v) is 6.20. The maximum atomic E-state index is 13.9. The molecule has 1 aromatic carbocycles. The predicted molar refractivity (Wildman–Crippen MR) is 83.8 cm³/mol. The highest BCUT2D eigenvalue weighted by molar-refractivity contribution is 7.80.